The van der Waals surface area contributed by atoms with Gasteiger partial charge in [0, 0.05) is 25.7 Å². The first-order valence-corrected chi connectivity index (χ1v) is 10.2. The van der Waals surface area contributed by atoms with Gasteiger partial charge in [0.25, 0.3) is 11.8 Å². The summed E-state index contributed by atoms with van der Waals surface area (Å²) in [5, 5.41) is 18.7. The molecule has 2 aromatic heterocycles. The summed E-state index contributed by atoms with van der Waals surface area (Å²) in [5.41, 5.74) is 1.17. The van der Waals surface area contributed by atoms with Crippen molar-refractivity contribution in [3.05, 3.63) is 29.6 Å². The Bertz CT molecular complexity index is 887. The van der Waals surface area contributed by atoms with E-state index in [1.54, 1.807) is 21.7 Å². The Morgan fingerprint density at radius 2 is 1.93 bits per heavy atom. The molecule has 0 radical (unpaired) electrons. The number of carbonyl (C=O) groups is 2. The van der Waals surface area contributed by atoms with Crippen molar-refractivity contribution in [3.8, 4) is 0 Å². The molecule has 2 amide bonds. The van der Waals surface area contributed by atoms with Crippen LogP contribution in [0.5, 0.6) is 0 Å². The summed E-state index contributed by atoms with van der Waals surface area (Å²) in [4.78, 5) is 27.0. The van der Waals surface area contributed by atoms with Gasteiger partial charge in [-0.3, -0.25) is 19.2 Å². The van der Waals surface area contributed by atoms with E-state index < -0.39 is 0 Å². The number of amides is 2. The molecule has 1 atom stereocenters. The summed E-state index contributed by atoms with van der Waals surface area (Å²) >= 11 is 0. The van der Waals surface area contributed by atoms with E-state index in [4.69, 9.17) is 0 Å². The van der Waals surface area contributed by atoms with Gasteiger partial charge in [-0.1, -0.05) is 12.8 Å². The van der Waals surface area contributed by atoms with Gasteiger partial charge in [0.1, 0.15) is 17.7 Å². The molecule has 1 saturated heterocycles. The van der Waals surface area contributed by atoms with Crippen LogP contribution in [0.3, 0.4) is 0 Å². The van der Waals surface area contributed by atoms with Crippen LogP contribution in [0.4, 0.5) is 11.6 Å². The summed E-state index contributed by atoms with van der Waals surface area (Å²) in [7, 11) is 1.84. The van der Waals surface area contributed by atoms with E-state index in [0.29, 0.717) is 18.1 Å². The molecule has 3 heterocycles. The van der Waals surface area contributed by atoms with E-state index in [2.05, 4.69) is 25.9 Å². The van der Waals surface area contributed by atoms with Gasteiger partial charge in [-0.2, -0.15) is 5.10 Å². The van der Waals surface area contributed by atoms with E-state index in [-0.39, 0.29) is 23.9 Å². The molecule has 0 bridgehead atoms. The second kappa shape index (κ2) is 8.18. The smallest absolute Gasteiger partial charge is 0.272 e. The molecule has 154 valence electrons. The van der Waals surface area contributed by atoms with Gasteiger partial charge < -0.3 is 10.6 Å². The van der Waals surface area contributed by atoms with Gasteiger partial charge >= 0.3 is 0 Å². The van der Waals surface area contributed by atoms with Crippen LogP contribution in [-0.2, 0) is 11.8 Å². The number of nitrogens with zero attached hydrogens (tertiary/aromatic N) is 5. The standard InChI is InChI=1S/C20H27N7O2/c1-13-12-18(26(2)25-13)27-11-5-8-16(20(27)29)22-17-10-9-15(23-24-17)19(28)21-14-6-3-4-7-14/h9-10,12,14,16H,3-8,11H2,1-2H3,(H,21,28)(H,22,24). The average Bonchev–Trinajstić information content (AvgIpc) is 3.33. The number of anilines is 2. The van der Waals surface area contributed by atoms with Crippen LogP contribution in [0, 0.1) is 6.92 Å². The number of aryl methyl sites for hydroxylation is 2. The summed E-state index contributed by atoms with van der Waals surface area (Å²) in [5.74, 6) is 1.08. The van der Waals surface area contributed by atoms with Crippen molar-refractivity contribution in [1.29, 1.82) is 0 Å². The first-order chi connectivity index (χ1) is 14.0. The molecule has 1 unspecified atom stereocenters. The number of rotatable bonds is 5. The van der Waals surface area contributed by atoms with Gasteiger partial charge in [0.2, 0.25) is 0 Å². The molecule has 29 heavy (non-hydrogen) atoms. The van der Waals surface area contributed by atoms with Crippen molar-refractivity contribution < 1.29 is 9.59 Å². The zero-order valence-corrected chi connectivity index (χ0v) is 16.9. The van der Waals surface area contributed by atoms with Crippen LogP contribution in [0.1, 0.15) is 54.7 Å². The molecule has 2 aliphatic rings. The molecule has 9 heteroatoms. The second-order valence-electron chi connectivity index (χ2n) is 7.86. The van der Waals surface area contributed by atoms with Crippen molar-refractivity contribution in [3.63, 3.8) is 0 Å². The van der Waals surface area contributed by atoms with E-state index in [1.807, 2.05) is 20.0 Å². The van der Waals surface area contributed by atoms with Crippen molar-refractivity contribution in [2.75, 3.05) is 16.8 Å². The minimum Gasteiger partial charge on any atom is -0.357 e. The van der Waals surface area contributed by atoms with Crippen molar-refractivity contribution in [2.45, 2.75) is 57.5 Å². The topological polar surface area (TPSA) is 105 Å². The average molecular weight is 397 g/mol. The minimum atomic E-state index is -0.383. The molecule has 2 N–H and O–H groups in total. The zero-order chi connectivity index (χ0) is 20.4. The van der Waals surface area contributed by atoms with Crippen LogP contribution in [0.25, 0.3) is 0 Å². The molecule has 2 fully saturated rings. The van der Waals surface area contributed by atoms with Crippen LogP contribution in [0.2, 0.25) is 0 Å². The lowest BCUT2D eigenvalue weighted by molar-refractivity contribution is -0.120. The Hall–Kier alpha value is -2.97. The van der Waals surface area contributed by atoms with Crippen LogP contribution in [0.15, 0.2) is 18.2 Å². The lowest BCUT2D eigenvalue weighted by Gasteiger charge is -2.32. The third kappa shape index (κ3) is 4.23. The van der Waals surface area contributed by atoms with Gasteiger partial charge in [-0.25, -0.2) is 0 Å². The van der Waals surface area contributed by atoms with Crippen molar-refractivity contribution in [2.24, 2.45) is 7.05 Å². The van der Waals surface area contributed by atoms with E-state index in [0.717, 1.165) is 50.0 Å². The molecule has 2 aromatic rings. The predicted octanol–water partition coefficient (Wildman–Crippen LogP) is 1.80. The van der Waals surface area contributed by atoms with Gasteiger partial charge in [-0.15, -0.1) is 10.2 Å². The number of piperidine rings is 1. The molecular formula is C20H27N7O2. The van der Waals surface area contributed by atoms with Gasteiger partial charge in [0.05, 0.1) is 5.69 Å². The van der Waals surface area contributed by atoms with Gasteiger partial charge in [-0.05, 0) is 44.7 Å². The third-order valence-electron chi connectivity index (χ3n) is 5.60. The van der Waals surface area contributed by atoms with Crippen LogP contribution < -0.4 is 15.5 Å². The first kappa shape index (κ1) is 19.4. The lowest BCUT2D eigenvalue weighted by atomic mass is 10.0. The fourth-order valence-corrected chi connectivity index (χ4v) is 4.12. The monoisotopic (exact) mass is 397 g/mol. The molecule has 1 aliphatic heterocycles. The number of nitrogens with one attached hydrogen (secondary N) is 2. The van der Waals surface area contributed by atoms with Gasteiger partial charge in [0.15, 0.2) is 5.69 Å². The van der Waals surface area contributed by atoms with E-state index in [1.165, 1.54) is 0 Å². The van der Waals surface area contributed by atoms with E-state index in [9.17, 15) is 9.59 Å². The zero-order valence-electron chi connectivity index (χ0n) is 16.9. The summed E-state index contributed by atoms with van der Waals surface area (Å²) in [6.07, 6.45) is 5.96. The molecule has 1 saturated carbocycles. The molecular weight excluding hydrogens is 370 g/mol. The quantitative estimate of drug-likeness (QED) is 0.797. The number of aromatic nitrogens is 4. The lowest BCUT2D eigenvalue weighted by Crippen LogP contribution is -2.48. The van der Waals surface area contributed by atoms with Crippen molar-refractivity contribution >= 4 is 23.5 Å². The number of carbonyl (C=O) groups excluding carboxylic acids is 2. The highest BCUT2D eigenvalue weighted by Gasteiger charge is 2.31. The fourth-order valence-electron chi connectivity index (χ4n) is 4.12. The Morgan fingerprint density at radius 3 is 2.59 bits per heavy atom. The molecule has 4 rings (SSSR count). The largest absolute Gasteiger partial charge is 0.357 e. The maximum atomic E-state index is 13.0. The molecule has 1 aliphatic carbocycles. The SMILES string of the molecule is Cc1cc(N2CCCC(Nc3ccc(C(=O)NC4CCCC4)nn3)C2=O)n(C)n1. The highest BCUT2D eigenvalue weighted by atomic mass is 16.2. The molecule has 0 spiro atoms. The maximum Gasteiger partial charge on any atom is 0.272 e. The Labute approximate surface area is 169 Å². The highest BCUT2D eigenvalue weighted by Crippen LogP contribution is 2.23. The number of hydrogen-bond donors (Lipinski definition) is 2. The summed E-state index contributed by atoms with van der Waals surface area (Å²) < 4.78 is 1.73. The number of hydrogen-bond acceptors (Lipinski definition) is 6. The van der Waals surface area contributed by atoms with Crippen LogP contribution >= 0.6 is 0 Å². The fraction of sp³-hybridized carbons (Fsp3) is 0.550. The Morgan fingerprint density at radius 1 is 1.14 bits per heavy atom. The van der Waals surface area contributed by atoms with E-state index >= 15 is 0 Å². The maximum absolute atomic E-state index is 13.0. The summed E-state index contributed by atoms with van der Waals surface area (Å²) in [6, 6.07) is 5.12. The normalized spacial score (nSPS) is 20.1. The minimum absolute atomic E-state index is 0.0101. The third-order valence-corrected chi connectivity index (χ3v) is 5.60. The summed E-state index contributed by atoms with van der Waals surface area (Å²) in [6.45, 7) is 2.58. The molecule has 0 aromatic carbocycles. The highest BCUT2D eigenvalue weighted by molar-refractivity contribution is 5.99. The van der Waals surface area contributed by atoms with Crippen LogP contribution in [-0.4, -0.2) is 50.4 Å². The predicted molar refractivity (Wildman–Crippen MR) is 109 cm³/mol. The second-order valence-corrected chi connectivity index (χ2v) is 7.86. The Kier molecular flexibility index (Phi) is 5.46. The van der Waals surface area contributed by atoms with Crippen molar-refractivity contribution in [1.82, 2.24) is 25.3 Å². The first-order valence-electron chi connectivity index (χ1n) is 10.2. The molecule has 9 nitrogen and oxygen atoms in total. The Balaban J connectivity index is 1.40.